The zero-order valence-electron chi connectivity index (χ0n) is 19.6. The van der Waals surface area contributed by atoms with Crippen LogP contribution in [0.5, 0.6) is 11.5 Å². The summed E-state index contributed by atoms with van der Waals surface area (Å²) in [4.78, 5) is 36.8. The Morgan fingerprint density at radius 3 is 2.24 bits per heavy atom. The highest BCUT2D eigenvalue weighted by Gasteiger charge is 2.35. The summed E-state index contributed by atoms with van der Waals surface area (Å²) in [7, 11) is -2.62. The lowest BCUT2D eigenvalue weighted by atomic mass is 9.95. The number of cyclic esters (lactones) is 1. The standard InChI is InChI=1S/C22H27ClO10S/c1-6-30-20(24)15(21(25)31-7-2)10-13(23)8-9-14-18(29-4)12(3)16-11-32-22(26)17(16)19(14)33-34(5,27)28/h8,15H,6-7,9-11H2,1-5H3. The number of hydrogen-bond donors (Lipinski definition) is 0. The Morgan fingerprint density at radius 2 is 1.74 bits per heavy atom. The number of esters is 3. The molecule has 188 valence electrons. The quantitative estimate of drug-likeness (QED) is 0.186. The number of ether oxygens (including phenoxy) is 4. The van der Waals surface area contributed by atoms with Crippen molar-refractivity contribution in [2.45, 2.75) is 40.2 Å². The third-order valence-electron chi connectivity index (χ3n) is 4.93. The Bertz CT molecular complexity index is 1090. The van der Waals surface area contributed by atoms with Crippen LogP contribution in [-0.2, 0) is 46.9 Å². The third kappa shape index (κ3) is 6.41. The van der Waals surface area contributed by atoms with E-state index in [1.165, 1.54) is 13.2 Å². The predicted octanol–water partition coefficient (Wildman–Crippen LogP) is 2.81. The van der Waals surface area contributed by atoms with E-state index in [4.69, 9.17) is 34.7 Å². The molecule has 10 nitrogen and oxygen atoms in total. The molecule has 0 N–H and O–H groups in total. The van der Waals surface area contributed by atoms with Gasteiger partial charge in [0.15, 0.2) is 11.7 Å². The van der Waals surface area contributed by atoms with Crippen LogP contribution in [0.2, 0.25) is 0 Å². The minimum atomic E-state index is -4.01. The molecule has 0 radical (unpaired) electrons. The molecule has 0 aliphatic carbocycles. The number of methoxy groups -OCH3 is 1. The van der Waals surface area contributed by atoms with Gasteiger partial charge in [-0.1, -0.05) is 17.7 Å². The second kappa shape index (κ2) is 11.6. The van der Waals surface area contributed by atoms with Crippen LogP contribution in [0.3, 0.4) is 0 Å². The molecule has 0 fully saturated rings. The van der Waals surface area contributed by atoms with Crippen LogP contribution in [0.4, 0.5) is 0 Å². The van der Waals surface area contributed by atoms with E-state index < -0.39 is 33.9 Å². The Balaban J connectivity index is 2.49. The van der Waals surface area contributed by atoms with E-state index in [2.05, 4.69) is 0 Å². The van der Waals surface area contributed by atoms with Gasteiger partial charge in [0.25, 0.3) is 0 Å². The number of benzene rings is 1. The van der Waals surface area contributed by atoms with Gasteiger partial charge in [-0.3, -0.25) is 9.59 Å². The molecule has 0 atom stereocenters. The van der Waals surface area contributed by atoms with Crippen molar-refractivity contribution in [3.05, 3.63) is 33.4 Å². The number of fused-ring (bicyclic) bond motifs is 1. The van der Waals surface area contributed by atoms with Crippen molar-refractivity contribution in [3.8, 4) is 11.5 Å². The fraction of sp³-hybridized carbons (Fsp3) is 0.500. The van der Waals surface area contributed by atoms with Crippen LogP contribution in [0, 0.1) is 12.8 Å². The highest BCUT2D eigenvalue weighted by molar-refractivity contribution is 7.86. The molecule has 1 aromatic carbocycles. The van der Waals surface area contributed by atoms with Crippen molar-refractivity contribution < 1.29 is 45.9 Å². The fourth-order valence-electron chi connectivity index (χ4n) is 3.49. The van der Waals surface area contributed by atoms with Gasteiger partial charge < -0.3 is 23.1 Å². The van der Waals surface area contributed by atoms with Gasteiger partial charge in [0.05, 0.1) is 26.6 Å². The lowest BCUT2D eigenvalue weighted by molar-refractivity contribution is -0.161. The molecule has 0 saturated heterocycles. The molecule has 0 unspecified atom stereocenters. The van der Waals surface area contributed by atoms with Crippen LogP contribution < -0.4 is 8.92 Å². The van der Waals surface area contributed by atoms with E-state index in [9.17, 15) is 22.8 Å². The van der Waals surface area contributed by atoms with Gasteiger partial charge in [0.2, 0.25) is 0 Å². The highest BCUT2D eigenvalue weighted by Crippen LogP contribution is 2.43. The first-order valence-electron chi connectivity index (χ1n) is 10.4. The molecule has 12 heteroatoms. The molecule has 0 aromatic heterocycles. The molecular formula is C22H27ClO10S. The van der Waals surface area contributed by atoms with Gasteiger partial charge in [-0.05, 0) is 32.8 Å². The summed E-state index contributed by atoms with van der Waals surface area (Å²) < 4.78 is 49.5. The molecule has 34 heavy (non-hydrogen) atoms. The normalized spacial score (nSPS) is 13.4. The number of hydrogen-bond acceptors (Lipinski definition) is 10. The number of halogens is 1. The largest absolute Gasteiger partial charge is 0.496 e. The van der Waals surface area contributed by atoms with Crippen LogP contribution in [0.15, 0.2) is 11.1 Å². The van der Waals surface area contributed by atoms with E-state index in [1.54, 1.807) is 20.8 Å². The van der Waals surface area contributed by atoms with E-state index in [1.807, 2.05) is 0 Å². The summed E-state index contributed by atoms with van der Waals surface area (Å²) in [6.45, 7) is 5.01. The third-order valence-corrected chi connectivity index (χ3v) is 5.71. The summed E-state index contributed by atoms with van der Waals surface area (Å²) in [5, 5.41) is 0.110. The van der Waals surface area contributed by atoms with Gasteiger partial charge in [-0.15, -0.1) is 0 Å². The van der Waals surface area contributed by atoms with E-state index >= 15 is 0 Å². The summed E-state index contributed by atoms with van der Waals surface area (Å²) in [5.41, 5.74) is 1.29. The van der Waals surface area contributed by atoms with Crippen molar-refractivity contribution in [1.29, 1.82) is 0 Å². The molecule has 0 saturated carbocycles. The average Bonchev–Trinajstić information content (AvgIpc) is 3.14. The minimum Gasteiger partial charge on any atom is -0.496 e. The zero-order valence-corrected chi connectivity index (χ0v) is 21.1. The molecule has 0 amide bonds. The summed E-state index contributed by atoms with van der Waals surface area (Å²) in [5.74, 6) is -3.46. The highest BCUT2D eigenvalue weighted by atomic mass is 35.5. The minimum absolute atomic E-state index is 0.000767. The fourth-order valence-corrected chi connectivity index (χ4v) is 4.21. The first-order chi connectivity index (χ1) is 15.9. The molecule has 0 spiro atoms. The molecule has 2 rings (SSSR count). The topological polar surface area (TPSA) is 132 Å². The van der Waals surface area contributed by atoms with Crippen molar-refractivity contribution in [2.24, 2.45) is 5.92 Å². The SMILES string of the molecule is CCOC(=O)C(CC(Cl)=CCc1c(OC)c(C)c2c(c1OS(C)(=O)=O)C(=O)OC2)C(=O)OCC. The van der Waals surface area contributed by atoms with Crippen LogP contribution in [-0.4, -0.2) is 52.9 Å². The number of carbonyl (C=O) groups excluding carboxylic acids is 3. The smallest absolute Gasteiger partial charge is 0.342 e. The number of allylic oxidation sites excluding steroid dienone is 2. The molecule has 1 aromatic rings. The van der Waals surface area contributed by atoms with Crippen LogP contribution in [0.25, 0.3) is 0 Å². The van der Waals surface area contributed by atoms with Crippen LogP contribution >= 0.6 is 11.6 Å². The van der Waals surface area contributed by atoms with Gasteiger partial charge in [-0.2, -0.15) is 8.42 Å². The van der Waals surface area contributed by atoms with Gasteiger partial charge in [-0.25, -0.2) is 4.79 Å². The van der Waals surface area contributed by atoms with E-state index in [0.29, 0.717) is 16.9 Å². The molecule has 1 heterocycles. The maximum Gasteiger partial charge on any atom is 0.342 e. The Kier molecular flexibility index (Phi) is 9.34. The van der Waals surface area contributed by atoms with Gasteiger partial charge >= 0.3 is 28.0 Å². The summed E-state index contributed by atoms with van der Waals surface area (Å²) >= 11 is 6.33. The first-order valence-corrected chi connectivity index (χ1v) is 12.6. The van der Waals surface area contributed by atoms with E-state index in [0.717, 1.165) is 6.26 Å². The Morgan fingerprint density at radius 1 is 1.15 bits per heavy atom. The van der Waals surface area contributed by atoms with Crippen molar-refractivity contribution >= 4 is 39.6 Å². The summed E-state index contributed by atoms with van der Waals surface area (Å²) in [6, 6.07) is 0. The Hall–Kier alpha value is -2.79. The molecule has 0 bridgehead atoms. The zero-order chi connectivity index (χ0) is 25.6. The van der Waals surface area contributed by atoms with Crippen LogP contribution in [0.1, 0.15) is 47.3 Å². The maximum absolute atomic E-state index is 12.4. The second-order valence-corrected chi connectivity index (χ2v) is 9.36. The van der Waals surface area contributed by atoms with Gasteiger partial charge in [0, 0.05) is 22.6 Å². The van der Waals surface area contributed by atoms with Crippen molar-refractivity contribution in [1.82, 2.24) is 0 Å². The monoisotopic (exact) mass is 518 g/mol. The Labute approximate surface area is 203 Å². The van der Waals surface area contributed by atoms with Crippen molar-refractivity contribution in [2.75, 3.05) is 26.6 Å². The number of carbonyl (C=O) groups is 3. The molecule has 1 aliphatic heterocycles. The second-order valence-electron chi connectivity index (χ2n) is 7.30. The van der Waals surface area contributed by atoms with Crippen molar-refractivity contribution in [3.63, 3.8) is 0 Å². The predicted molar refractivity (Wildman–Crippen MR) is 121 cm³/mol. The molecular weight excluding hydrogens is 492 g/mol. The lowest BCUT2D eigenvalue weighted by Gasteiger charge is -2.18. The van der Waals surface area contributed by atoms with Gasteiger partial charge in [0.1, 0.15) is 17.9 Å². The molecule has 1 aliphatic rings. The average molecular weight is 519 g/mol. The van der Waals surface area contributed by atoms with E-state index in [-0.39, 0.29) is 54.6 Å². The lowest BCUT2D eigenvalue weighted by Crippen LogP contribution is -2.28. The maximum atomic E-state index is 12.4. The summed E-state index contributed by atoms with van der Waals surface area (Å²) in [6.07, 6.45) is 2.08. The first kappa shape index (κ1) is 27.5. The number of rotatable bonds is 11.